The van der Waals surface area contributed by atoms with Gasteiger partial charge in [0.05, 0.1) is 41.3 Å². The molecule has 0 aromatic heterocycles. The molecule has 32 heavy (non-hydrogen) atoms. The van der Waals surface area contributed by atoms with Crippen LogP contribution in [0.3, 0.4) is 0 Å². The van der Waals surface area contributed by atoms with E-state index in [-0.39, 0.29) is 29.2 Å². The van der Waals surface area contributed by atoms with Crippen molar-refractivity contribution in [1.82, 2.24) is 10.2 Å². The predicted molar refractivity (Wildman–Crippen MR) is 122 cm³/mol. The molecule has 0 radical (unpaired) electrons. The topological polar surface area (TPSA) is 108 Å². The Bertz CT molecular complexity index is 946. The summed E-state index contributed by atoms with van der Waals surface area (Å²) in [5, 5.41) is 16.0. The Kier molecular flexibility index (Phi) is 6.30. The zero-order chi connectivity index (χ0) is 23.4. The zero-order valence-corrected chi connectivity index (χ0v) is 20.4. The fraction of sp³-hybridized carbons (Fsp3) is 0.591. The van der Waals surface area contributed by atoms with Gasteiger partial charge in [0.25, 0.3) is 0 Å². The number of anilines is 1. The summed E-state index contributed by atoms with van der Waals surface area (Å²) in [5.74, 6) is -2.74. The third-order valence-corrected chi connectivity index (χ3v) is 8.14. The van der Waals surface area contributed by atoms with Gasteiger partial charge < -0.3 is 25.4 Å². The van der Waals surface area contributed by atoms with Crippen LogP contribution in [0.5, 0.6) is 0 Å². The number of carbonyl (C=O) groups is 3. The average molecular weight is 529 g/mol. The standard InChI is InChI=1S/C22H27BrClN3O5/c1-10(2)14(9-28)27-18(20(30)26-13-7-5-4-6-12(13)24)22-8-11(23)17(32-22)15(19(29)25-3)16(22)21(27)31/h4-7,10-11,14-18,28H,8-9H2,1-3H3,(H,25,29)(H,26,30)/t11?,14-,15-,16-,17-,18?,22?/m0/s1. The maximum atomic E-state index is 13.8. The number of hydrogen-bond acceptors (Lipinski definition) is 5. The number of carbonyl (C=O) groups excluding carboxylic acids is 3. The maximum absolute atomic E-state index is 13.8. The molecule has 174 valence electrons. The number of nitrogens with one attached hydrogen (secondary N) is 2. The minimum absolute atomic E-state index is 0.120. The lowest BCUT2D eigenvalue weighted by molar-refractivity contribution is -0.145. The van der Waals surface area contributed by atoms with Crippen molar-refractivity contribution in [3.05, 3.63) is 29.3 Å². The van der Waals surface area contributed by atoms with Gasteiger partial charge in [0, 0.05) is 11.9 Å². The van der Waals surface area contributed by atoms with E-state index in [2.05, 4.69) is 26.6 Å². The van der Waals surface area contributed by atoms with E-state index in [0.717, 1.165) is 0 Å². The average Bonchev–Trinajstić information content (AvgIpc) is 3.33. The Hall–Kier alpha value is -1.68. The summed E-state index contributed by atoms with van der Waals surface area (Å²) in [6.45, 7) is 3.45. The summed E-state index contributed by atoms with van der Waals surface area (Å²) in [7, 11) is 1.52. The minimum Gasteiger partial charge on any atom is -0.394 e. The second-order valence-electron chi connectivity index (χ2n) is 8.99. The molecule has 0 aliphatic carbocycles. The summed E-state index contributed by atoms with van der Waals surface area (Å²) in [4.78, 5) is 41.5. The first-order valence-electron chi connectivity index (χ1n) is 10.7. The summed E-state index contributed by atoms with van der Waals surface area (Å²) in [6, 6.07) is 5.22. The first kappa shape index (κ1) is 23.5. The molecule has 4 rings (SSSR count). The van der Waals surface area contributed by atoms with E-state index >= 15 is 0 Å². The summed E-state index contributed by atoms with van der Waals surface area (Å²) < 4.78 is 6.36. The van der Waals surface area contributed by atoms with Crippen molar-refractivity contribution < 1.29 is 24.2 Å². The molecule has 2 bridgehead atoms. The second kappa shape index (κ2) is 8.59. The molecule has 3 N–H and O–H groups in total. The normalized spacial score (nSPS) is 34.0. The third-order valence-electron chi connectivity index (χ3n) is 6.97. The molecular weight excluding hydrogens is 502 g/mol. The van der Waals surface area contributed by atoms with Gasteiger partial charge in [-0.15, -0.1) is 0 Å². The number of amides is 3. The van der Waals surface area contributed by atoms with Crippen molar-refractivity contribution in [3.63, 3.8) is 0 Å². The van der Waals surface area contributed by atoms with Crippen LogP contribution >= 0.6 is 27.5 Å². The molecule has 3 unspecified atom stereocenters. The molecule has 10 heteroatoms. The SMILES string of the molecule is CNC(=O)[C@H]1[C@H]2C(=O)N([C@@H](CO)C(C)C)C(C(=O)Nc3ccccc3Cl)C23CC(Br)[C@@H]1O3. The smallest absolute Gasteiger partial charge is 0.250 e. The first-order valence-corrected chi connectivity index (χ1v) is 12.0. The lowest BCUT2D eigenvalue weighted by Gasteiger charge is -2.38. The van der Waals surface area contributed by atoms with Gasteiger partial charge in [0.1, 0.15) is 11.6 Å². The van der Waals surface area contributed by atoms with Crippen LogP contribution in [0, 0.1) is 17.8 Å². The van der Waals surface area contributed by atoms with Gasteiger partial charge in [0.2, 0.25) is 17.7 Å². The van der Waals surface area contributed by atoms with Crippen molar-refractivity contribution in [1.29, 1.82) is 0 Å². The zero-order valence-electron chi connectivity index (χ0n) is 18.0. The molecular formula is C22H27BrClN3O5. The molecule has 1 aromatic carbocycles. The van der Waals surface area contributed by atoms with Gasteiger partial charge in [-0.25, -0.2) is 0 Å². The summed E-state index contributed by atoms with van der Waals surface area (Å²) in [5.41, 5.74) is -0.761. The Morgan fingerprint density at radius 3 is 2.62 bits per heavy atom. The van der Waals surface area contributed by atoms with Crippen LogP contribution in [-0.2, 0) is 19.1 Å². The van der Waals surface area contributed by atoms with Crippen LogP contribution in [0.1, 0.15) is 20.3 Å². The number of alkyl halides is 1. The van der Waals surface area contributed by atoms with Crippen LogP contribution < -0.4 is 10.6 Å². The highest BCUT2D eigenvalue weighted by Crippen LogP contribution is 2.60. The van der Waals surface area contributed by atoms with E-state index in [1.807, 2.05) is 13.8 Å². The first-order chi connectivity index (χ1) is 15.2. The number of hydrogen-bond donors (Lipinski definition) is 3. The molecule has 3 aliphatic heterocycles. The number of rotatable bonds is 6. The number of aliphatic hydroxyl groups is 1. The van der Waals surface area contributed by atoms with E-state index in [0.29, 0.717) is 17.1 Å². The Morgan fingerprint density at radius 2 is 2.03 bits per heavy atom. The van der Waals surface area contributed by atoms with E-state index < -0.39 is 41.5 Å². The number of aliphatic hydroxyl groups excluding tert-OH is 1. The molecule has 3 amide bonds. The lowest BCUT2D eigenvalue weighted by Crippen LogP contribution is -2.57. The molecule has 8 nitrogen and oxygen atoms in total. The van der Waals surface area contributed by atoms with Gasteiger partial charge in [-0.3, -0.25) is 14.4 Å². The number of halogens is 2. The van der Waals surface area contributed by atoms with E-state index in [1.54, 1.807) is 24.3 Å². The highest BCUT2D eigenvalue weighted by molar-refractivity contribution is 9.09. The molecule has 3 saturated heterocycles. The second-order valence-corrected chi connectivity index (χ2v) is 10.6. The van der Waals surface area contributed by atoms with Crippen LogP contribution in [0.4, 0.5) is 5.69 Å². The van der Waals surface area contributed by atoms with Crippen molar-refractivity contribution in [2.24, 2.45) is 17.8 Å². The van der Waals surface area contributed by atoms with E-state index in [1.165, 1.54) is 11.9 Å². The predicted octanol–water partition coefficient (Wildman–Crippen LogP) is 1.79. The van der Waals surface area contributed by atoms with E-state index in [4.69, 9.17) is 16.3 Å². The van der Waals surface area contributed by atoms with Crippen LogP contribution in [0.2, 0.25) is 5.02 Å². The Morgan fingerprint density at radius 1 is 1.34 bits per heavy atom. The van der Waals surface area contributed by atoms with Crippen molar-refractivity contribution >= 4 is 50.9 Å². The van der Waals surface area contributed by atoms with Crippen LogP contribution in [0.15, 0.2) is 24.3 Å². The molecule has 1 spiro atoms. The van der Waals surface area contributed by atoms with Crippen molar-refractivity contribution in [3.8, 4) is 0 Å². The van der Waals surface area contributed by atoms with Crippen molar-refractivity contribution in [2.45, 2.75) is 48.9 Å². The Labute approximate surface area is 200 Å². The monoisotopic (exact) mass is 527 g/mol. The van der Waals surface area contributed by atoms with Gasteiger partial charge in [-0.1, -0.05) is 53.5 Å². The summed E-state index contributed by atoms with van der Waals surface area (Å²) >= 11 is 9.85. The maximum Gasteiger partial charge on any atom is 0.250 e. The molecule has 1 aromatic rings. The largest absolute Gasteiger partial charge is 0.394 e. The molecule has 0 saturated carbocycles. The number of fused-ring (bicyclic) bond motifs is 1. The number of benzene rings is 1. The quantitative estimate of drug-likeness (QED) is 0.488. The number of nitrogens with zero attached hydrogens (tertiary/aromatic N) is 1. The number of para-hydroxylation sites is 1. The van der Waals surface area contributed by atoms with Crippen molar-refractivity contribution in [2.75, 3.05) is 19.0 Å². The molecule has 3 aliphatic rings. The third kappa shape index (κ3) is 3.36. The minimum atomic E-state index is -1.18. The fourth-order valence-corrected chi connectivity index (χ4v) is 6.70. The lowest BCUT2D eigenvalue weighted by atomic mass is 9.70. The van der Waals surface area contributed by atoms with E-state index in [9.17, 15) is 19.5 Å². The van der Waals surface area contributed by atoms with Gasteiger partial charge in [0.15, 0.2) is 0 Å². The number of ether oxygens (including phenoxy) is 1. The van der Waals surface area contributed by atoms with Crippen LogP contribution in [0.25, 0.3) is 0 Å². The molecule has 3 fully saturated rings. The van der Waals surface area contributed by atoms with Gasteiger partial charge in [-0.05, 0) is 24.5 Å². The fourth-order valence-electron chi connectivity index (χ4n) is 5.57. The highest BCUT2D eigenvalue weighted by atomic mass is 79.9. The highest BCUT2D eigenvalue weighted by Gasteiger charge is 2.77. The summed E-state index contributed by atoms with van der Waals surface area (Å²) in [6.07, 6.45) is -0.122. The Balaban J connectivity index is 1.80. The molecule has 3 heterocycles. The van der Waals surface area contributed by atoms with Crippen LogP contribution in [-0.4, -0.2) is 70.0 Å². The molecule has 7 atom stereocenters. The van der Waals surface area contributed by atoms with Gasteiger partial charge in [-0.2, -0.15) is 0 Å². The van der Waals surface area contributed by atoms with Gasteiger partial charge >= 0.3 is 0 Å². The number of likely N-dealkylation sites (tertiary alicyclic amines) is 1.